The fourth-order valence-corrected chi connectivity index (χ4v) is 3.85. The van der Waals surface area contributed by atoms with Crippen molar-refractivity contribution in [2.45, 2.75) is 62.4 Å². The zero-order valence-electron chi connectivity index (χ0n) is 12.2. The first-order valence-electron chi connectivity index (χ1n) is 7.62. The summed E-state index contributed by atoms with van der Waals surface area (Å²) >= 11 is 0. The Labute approximate surface area is 119 Å². The van der Waals surface area contributed by atoms with Crippen molar-refractivity contribution in [3.05, 3.63) is 11.6 Å². The molecule has 0 N–H and O–H groups in total. The molecule has 0 aromatic carbocycles. The van der Waals surface area contributed by atoms with Crippen molar-refractivity contribution in [3.63, 3.8) is 0 Å². The third-order valence-electron chi connectivity index (χ3n) is 5.56. The summed E-state index contributed by atoms with van der Waals surface area (Å²) in [5.74, 6) is 0.395. The molecule has 5 unspecified atom stereocenters. The van der Waals surface area contributed by atoms with Gasteiger partial charge in [-0.3, -0.25) is 4.79 Å². The second-order valence-corrected chi connectivity index (χ2v) is 6.89. The third-order valence-corrected chi connectivity index (χ3v) is 5.56. The number of methoxy groups -OCH3 is 1. The Bertz CT molecular complexity index is 473. The van der Waals surface area contributed by atoms with Crippen molar-refractivity contribution in [3.8, 4) is 0 Å². The quantitative estimate of drug-likeness (QED) is 0.583. The summed E-state index contributed by atoms with van der Waals surface area (Å²) in [6.07, 6.45) is 7.01. The number of hydrogen-bond donors (Lipinski definition) is 0. The Morgan fingerprint density at radius 2 is 2.20 bits per heavy atom. The van der Waals surface area contributed by atoms with E-state index in [1.165, 1.54) is 12.8 Å². The fourth-order valence-electron chi connectivity index (χ4n) is 3.85. The number of epoxide rings is 2. The van der Waals surface area contributed by atoms with Gasteiger partial charge < -0.3 is 14.2 Å². The highest BCUT2D eigenvalue weighted by atomic mass is 16.6. The van der Waals surface area contributed by atoms with E-state index in [0.29, 0.717) is 12.8 Å². The standard InChI is InChI=1S/C16H22O4/c1-15(14(20-15)6-5-10-3-4-10)13-7-11(17)12(18-2)8-16(13)9-19-16/h5,12-14H,3-4,6-9H2,1-2H3. The molecule has 4 fully saturated rings. The first kappa shape index (κ1) is 13.0. The highest BCUT2D eigenvalue weighted by molar-refractivity contribution is 5.85. The molecule has 2 aliphatic carbocycles. The molecule has 2 heterocycles. The number of Topliss-reactive ketones (excluding diaryl/α,β-unsaturated/α-hetero) is 1. The Hall–Kier alpha value is -0.710. The second-order valence-electron chi connectivity index (χ2n) is 6.89. The van der Waals surface area contributed by atoms with Crippen LogP contribution in [0.25, 0.3) is 0 Å². The first-order chi connectivity index (χ1) is 9.57. The predicted octanol–water partition coefficient (Wildman–Crippen LogP) is 2.02. The Morgan fingerprint density at radius 3 is 2.80 bits per heavy atom. The van der Waals surface area contributed by atoms with Gasteiger partial charge in [-0.1, -0.05) is 11.6 Å². The van der Waals surface area contributed by atoms with Crippen molar-refractivity contribution in [1.29, 1.82) is 0 Å². The van der Waals surface area contributed by atoms with Crippen molar-refractivity contribution < 1.29 is 19.0 Å². The van der Waals surface area contributed by atoms with Crippen LogP contribution in [-0.2, 0) is 19.0 Å². The molecule has 4 rings (SSSR count). The number of rotatable bonds is 4. The van der Waals surface area contributed by atoms with Crippen LogP contribution >= 0.6 is 0 Å². The van der Waals surface area contributed by atoms with Gasteiger partial charge >= 0.3 is 0 Å². The maximum absolute atomic E-state index is 12.2. The van der Waals surface area contributed by atoms with Gasteiger partial charge in [0.2, 0.25) is 0 Å². The summed E-state index contributed by atoms with van der Waals surface area (Å²) in [6.45, 7) is 2.90. The molecule has 0 aromatic rings. The van der Waals surface area contributed by atoms with Crippen LogP contribution in [0.2, 0.25) is 0 Å². The van der Waals surface area contributed by atoms with E-state index in [9.17, 15) is 4.79 Å². The van der Waals surface area contributed by atoms with Crippen LogP contribution in [0.1, 0.15) is 39.0 Å². The van der Waals surface area contributed by atoms with Crippen LogP contribution in [0.5, 0.6) is 0 Å². The average molecular weight is 278 g/mol. The summed E-state index contributed by atoms with van der Waals surface area (Å²) in [7, 11) is 1.61. The minimum absolute atomic E-state index is 0.162. The van der Waals surface area contributed by atoms with Gasteiger partial charge in [0, 0.05) is 25.9 Å². The van der Waals surface area contributed by atoms with Gasteiger partial charge in [0.15, 0.2) is 5.78 Å². The van der Waals surface area contributed by atoms with E-state index in [1.807, 2.05) is 0 Å². The van der Waals surface area contributed by atoms with E-state index in [4.69, 9.17) is 14.2 Å². The monoisotopic (exact) mass is 278 g/mol. The third kappa shape index (κ3) is 1.97. The van der Waals surface area contributed by atoms with Crippen LogP contribution in [0.4, 0.5) is 0 Å². The normalized spacial score (nSPS) is 49.4. The van der Waals surface area contributed by atoms with Crippen LogP contribution < -0.4 is 0 Å². The van der Waals surface area contributed by atoms with Crippen molar-refractivity contribution in [2.75, 3.05) is 13.7 Å². The molecule has 110 valence electrons. The Morgan fingerprint density at radius 1 is 1.45 bits per heavy atom. The Balaban J connectivity index is 1.48. The lowest BCUT2D eigenvalue weighted by atomic mass is 9.70. The van der Waals surface area contributed by atoms with Gasteiger partial charge in [-0.15, -0.1) is 0 Å². The molecular weight excluding hydrogens is 256 g/mol. The van der Waals surface area contributed by atoms with Crippen LogP contribution in [0, 0.1) is 5.92 Å². The number of ether oxygens (including phenoxy) is 3. The second kappa shape index (κ2) is 4.15. The average Bonchev–Trinajstić information content (AvgIpc) is 3.28. The minimum atomic E-state index is -0.289. The lowest BCUT2D eigenvalue weighted by Gasteiger charge is -2.35. The number of carbonyl (C=O) groups is 1. The maximum atomic E-state index is 12.2. The van der Waals surface area contributed by atoms with Gasteiger partial charge in [0.1, 0.15) is 11.7 Å². The molecular formula is C16H22O4. The van der Waals surface area contributed by atoms with E-state index in [-0.39, 0.29) is 35.1 Å². The van der Waals surface area contributed by atoms with Crippen LogP contribution in [0.15, 0.2) is 11.6 Å². The summed E-state index contributed by atoms with van der Waals surface area (Å²) in [5.41, 5.74) is 1.21. The molecule has 5 atom stereocenters. The molecule has 20 heavy (non-hydrogen) atoms. The van der Waals surface area contributed by atoms with Gasteiger partial charge in [0.05, 0.1) is 18.3 Å². The first-order valence-corrected chi connectivity index (χ1v) is 7.62. The van der Waals surface area contributed by atoms with E-state index in [2.05, 4.69) is 13.0 Å². The molecule has 0 bridgehead atoms. The molecule has 4 nitrogen and oxygen atoms in total. The highest BCUT2D eigenvalue weighted by Crippen LogP contribution is 2.58. The molecule has 4 aliphatic rings. The smallest absolute Gasteiger partial charge is 0.162 e. The van der Waals surface area contributed by atoms with Gasteiger partial charge in [-0.25, -0.2) is 0 Å². The summed E-state index contributed by atoms with van der Waals surface area (Å²) < 4.78 is 17.0. The predicted molar refractivity (Wildman–Crippen MR) is 72.4 cm³/mol. The summed E-state index contributed by atoms with van der Waals surface area (Å²) in [6, 6.07) is 0. The molecule has 2 saturated carbocycles. The SMILES string of the molecule is COC1CC2(CO2)C(C2(C)OC2CC=C2CC2)CC1=O. The largest absolute Gasteiger partial charge is 0.374 e. The maximum Gasteiger partial charge on any atom is 0.162 e. The fraction of sp³-hybridized carbons (Fsp3) is 0.812. The lowest BCUT2D eigenvalue weighted by molar-refractivity contribution is -0.137. The number of carbonyl (C=O) groups excluding carboxylic acids is 1. The topological polar surface area (TPSA) is 51.4 Å². The van der Waals surface area contributed by atoms with E-state index in [0.717, 1.165) is 13.0 Å². The van der Waals surface area contributed by atoms with Crippen LogP contribution in [-0.4, -0.2) is 42.9 Å². The van der Waals surface area contributed by atoms with Crippen molar-refractivity contribution in [1.82, 2.24) is 0 Å². The summed E-state index contributed by atoms with van der Waals surface area (Å²) in [5, 5.41) is 0. The van der Waals surface area contributed by atoms with E-state index in [1.54, 1.807) is 12.7 Å². The van der Waals surface area contributed by atoms with E-state index >= 15 is 0 Å². The molecule has 0 aromatic heterocycles. The minimum Gasteiger partial charge on any atom is -0.374 e. The summed E-state index contributed by atoms with van der Waals surface area (Å²) in [4.78, 5) is 12.2. The Kier molecular flexibility index (Phi) is 2.70. The number of allylic oxidation sites excluding steroid dienone is 1. The number of ketones is 1. The highest BCUT2D eigenvalue weighted by Gasteiger charge is 2.69. The van der Waals surface area contributed by atoms with E-state index < -0.39 is 0 Å². The molecule has 2 saturated heterocycles. The van der Waals surface area contributed by atoms with Crippen molar-refractivity contribution in [2.24, 2.45) is 5.92 Å². The number of hydrogen-bond acceptors (Lipinski definition) is 4. The molecule has 0 radical (unpaired) electrons. The van der Waals surface area contributed by atoms with Gasteiger partial charge in [0.25, 0.3) is 0 Å². The van der Waals surface area contributed by atoms with Gasteiger partial charge in [-0.2, -0.15) is 0 Å². The molecule has 4 heteroatoms. The lowest BCUT2D eigenvalue weighted by Crippen LogP contribution is -2.48. The zero-order chi connectivity index (χ0) is 14.0. The van der Waals surface area contributed by atoms with Crippen molar-refractivity contribution >= 4 is 5.78 Å². The molecule has 2 aliphatic heterocycles. The van der Waals surface area contributed by atoms with Crippen LogP contribution in [0.3, 0.4) is 0 Å². The molecule has 1 spiro atoms. The molecule has 0 amide bonds. The zero-order valence-corrected chi connectivity index (χ0v) is 12.2. The van der Waals surface area contributed by atoms with Gasteiger partial charge in [-0.05, 0) is 26.2 Å².